The number of benzene rings is 1. The lowest BCUT2D eigenvalue weighted by Crippen LogP contribution is -2.15. The van der Waals surface area contributed by atoms with Crippen molar-refractivity contribution in [3.63, 3.8) is 0 Å². The number of anilines is 1. The number of hydrogen-bond acceptors (Lipinski definition) is 4. The van der Waals surface area contributed by atoms with E-state index in [-0.39, 0.29) is 12.5 Å². The van der Waals surface area contributed by atoms with Crippen LogP contribution >= 0.6 is 11.8 Å². The summed E-state index contributed by atoms with van der Waals surface area (Å²) in [6.07, 6.45) is 1.56. The van der Waals surface area contributed by atoms with Crippen LogP contribution in [0.1, 0.15) is 12.0 Å². The fourth-order valence-electron chi connectivity index (χ4n) is 1.59. The van der Waals surface area contributed by atoms with Crippen LogP contribution in [0, 0.1) is 0 Å². The third kappa shape index (κ3) is 7.20. The van der Waals surface area contributed by atoms with Gasteiger partial charge in [-0.25, -0.2) is 0 Å². The molecule has 0 aliphatic rings. The average Bonchev–Trinajstić information content (AvgIpc) is 2.42. The zero-order valence-corrected chi connectivity index (χ0v) is 12.0. The quantitative estimate of drug-likeness (QED) is 0.680. The number of hydrogen-bond donors (Lipinski definition) is 2. The summed E-state index contributed by atoms with van der Waals surface area (Å²) in [6.45, 7) is 0.849. The van der Waals surface area contributed by atoms with Crippen molar-refractivity contribution in [1.29, 1.82) is 0 Å². The molecule has 1 aromatic rings. The molecule has 1 amide bonds. The van der Waals surface area contributed by atoms with Crippen LogP contribution in [0.5, 0.6) is 0 Å². The summed E-state index contributed by atoms with van der Waals surface area (Å²) in [4.78, 5) is 11.7. The first-order valence-corrected chi connectivity index (χ1v) is 7.48. The second-order valence-electron chi connectivity index (χ2n) is 4.12. The summed E-state index contributed by atoms with van der Waals surface area (Å²) in [5.41, 5.74) is 1.94. The topological polar surface area (TPSA) is 58.6 Å². The van der Waals surface area contributed by atoms with Gasteiger partial charge in [0.25, 0.3) is 0 Å². The van der Waals surface area contributed by atoms with Gasteiger partial charge in [0.05, 0.1) is 12.4 Å². The van der Waals surface area contributed by atoms with Gasteiger partial charge in [0.1, 0.15) is 0 Å². The smallest absolute Gasteiger partial charge is 0.234 e. The monoisotopic (exact) mass is 283 g/mol. The van der Waals surface area contributed by atoms with Gasteiger partial charge in [-0.2, -0.15) is 0 Å². The first-order valence-electron chi connectivity index (χ1n) is 6.32. The van der Waals surface area contributed by atoms with E-state index in [0.29, 0.717) is 12.4 Å². The van der Waals surface area contributed by atoms with Crippen molar-refractivity contribution in [2.45, 2.75) is 12.8 Å². The van der Waals surface area contributed by atoms with Gasteiger partial charge in [-0.15, -0.1) is 11.8 Å². The van der Waals surface area contributed by atoms with E-state index in [0.717, 1.165) is 29.8 Å². The molecule has 0 atom stereocenters. The second kappa shape index (κ2) is 9.83. The third-order valence-corrected chi connectivity index (χ3v) is 3.42. The minimum absolute atomic E-state index is 0.000381. The van der Waals surface area contributed by atoms with Gasteiger partial charge in [-0.1, -0.05) is 12.1 Å². The first kappa shape index (κ1) is 16.0. The first-order chi connectivity index (χ1) is 9.26. The Bertz CT molecular complexity index is 385. The van der Waals surface area contributed by atoms with Gasteiger partial charge in [0.2, 0.25) is 5.91 Å². The average molecular weight is 283 g/mol. The summed E-state index contributed by atoms with van der Waals surface area (Å²) in [7, 11) is 1.65. The van der Waals surface area contributed by atoms with Crippen molar-refractivity contribution >= 4 is 23.4 Å². The zero-order valence-electron chi connectivity index (χ0n) is 11.2. The molecule has 2 N–H and O–H groups in total. The van der Waals surface area contributed by atoms with Gasteiger partial charge >= 0.3 is 0 Å². The Kier molecular flexibility index (Phi) is 8.29. The number of methoxy groups -OCH3 is 1. The summed E-state index contributed by atoms with van der Waals surface area (Å²) in [6, 6.07) is 7.74. The van der Waals surface area contributed by atoms with Crippen molar-refractivity contribution < 1.29 is 14.6 Å². The molecule has 1 rings (SSSR count). The Balaban J connectivity index is 2.36. The number of carbonyl (C=O) groups excluding carboxylic acids is 1. The van der Waals surface area contributed by atoms with Crippen LogP contribution in [-0.4, -0.2) is 42.8 Å². The molecule has 0 bridgehead atoms. The molecule has 4 nitrogen and oxygen atoms in total. The van der Waals surface area contributed by atoms with Crippen LogP contribution in [0.15, 0.2) is 24.3 Å². The number of nitrogens with one attached hydrogen (secondary N) is 1. The number of aliphatic hydroxyl groups excluding tert-OH is 1. The van der Waals surface area contributed by atoms with Gasteiger partial charge in [-0.3, -0.25) is 4.79 Å². The van der Waals surface area contributed by atoms with Crippen LogP contribution in [-0.2, 0) is 16.0 Å². The Morgan fingerprint density at radius 3 is 3.05 bits per heavy atom. The molecule has 19 heavy (non-hydrogen) atoms. The number of amides is 1. The molecule has 0 fully saturated rings. The molecular weight excluding hydrogens is 262 g/mol. The zero-order chi connectivity index (χ0) is 13.9. The highest BCUT2D eigenvalue weighted by Crippen LogP contribution is 2.13. The van der Waals surface area contributed by atoms with E-state index in [9.17, 15) is 4.79 Å². The Hall–Kier alpha value is -1.04. The van der Waals surface area contributed by atoms with Crippen molar-refractivity contribution in [3.05, 3.63) is 29.8 Å². The third-order valence-electron chi connectivity index (χ3n) is 2.50. The van der Waals surface area contributed by atoms with Crippen LogP contribution in [0.2, 0.25) is 0 Å². The van der Waals surface area contributed by atoms with Crippen molar-refractivity contribution in [1.82, 2.24) is 0 Å². The number of aryl methyl sites for hydroxylation is 1. The molecule has 0 saturated carbocycles. The maximum Gasteiger partial charge on any atom is 0.234 e. The van der Waals surface area contributed by atoms with Gasteiger partial charge < -0.3 is 15.2 Å². The maximum absolute atomic E-state index is 11.7. The van der Waals surface area contributed by atoms with Crippen LogP contribution in [0.25, 0.3) is 0 Å². The largest absolute Gasteiger partial charge is 0.396 e. The van der Waals surface area contributed by atoms with E-state index in [2.05, 4.69) is 5.32 Å². The lowest BCUT2D eigenvalue weighted by atomic mass is 10.1. The maximum atomic E-state index is 11.7. The fourth-order valence-corrected chi connectivity index (χ4v) is 2.28. The number of thioether (sulfide) groups is 1. The van der Waals surface area contributed by atoms with Crippen LogP contribution in [0.3, 0.4) is 0 Å². The summed E-state index contributed by atoms with van der Waals surface area (Å²) < 4.78 is 4.92. The van der Waals surface area contributed by atoms with Crippen molar-refractivity contribution in [2.24, 2.45) is 0 Å². The Labute approximate surface area is 118 Å². The molecule has 0 aromatic heterocycles. The Morgan fingerprint density at radius 2 is 2.32 bits per heavy atom. The summed E-state index contributed by atoms with van der Waals surface area (Å²) in [5.74, 6) is 1.26. The standard InChI is InChI=1S/C14H21NO3S/c1-18-8-9-19-11-14(17)15-13-6-2-4-12(10-13)5-3-7-16/h2,4,6,10,16H,3,5,7-9,11H2,1H3,(H,15,17). The SMILES string of the molecule is COCCSCC(=O)Nc1cccc(CCCO)c1. The lowest BCUT2D eigenvalue weighted by molar-refractivity contribution is -0.113. The molecule has 0 radical (unpaired) electrons. The van der Waals surface area contributed by atoms with E-state index in [1.807, 2.05) is 24.3 Å². The minimum atomic E-state index is 0.000381. The van der Waals surface area contributed by atoms with Gasteiger partial charge in [0.15, 0.2) is 0 Å². The molecular formula is C14H21NO3S. The highest BCUT2D eigenvalue weighted by Gasteiger charge is 2.03. The lowest BCUT2D eigenvalue weighted by Gasteiger charge is -2.07. The predicted octanol–water partition coefficient (Wildman–Crippen LogP) is 1.93. The molecule has 1 aromatic carbocycles. The van der Waals surface area contributed by atoms with E-state index in [1.165, 1.54) is 0 Å². The van der Waals surface area contributed by atoms with Crippen LogP contribution < -0.4 is 5.32 Å². The van der Waals surface area contributed by atoms with E-state index >= 15 is 0 Å². The molecule has 0 saturated heterocycles. The summed E-state index contributed by atoms with van der Waals surface area (Å²) >= 11 is 1.55. The predicted molar refractivity (Wildman–Crippen MR) is 79.7 cm³/mol. The van der Waals surface area contributed by atoms with Crippen molar-refractivity contribution in [3.8, 4) is 0 Å². The number of aliphatic hydroxyl groups is 1. The van der Waals surface area contributed by atoms with E-state index in [1.54, 1.807) is 18.9 Å². The second-order valence-corrected chi connectivity index (χ2v) is 5.23. The molecule has 0 aliphatic carbocycles. The fraction of sp³-hybridized carbons (Fsp3) is 0.500. The van der Waals surface area contributed by atoms with Crippen LogP contribution in [0.4, 0.5) is 5.69 Å². The Morgan fingerprint density at radius 1 is 1.47 bits per heavy atom. The normalized spacial score (nSPS) is 10.4. The van der Waals surface area contributed by atoms with Crippen molar-refractivity contribution in [2.75, 3.05) is 37.1 Å². The highest BCUT2D eigenvalue weighted by molar-refractivity contribution is 7.99. The number of carbonyl (C=O) groups is 1. The van der Waals surface area contributed by atoms with E-state index < -0.39 is 0 Å². The van der Waals surface area contributed by atoms with E-state index in [4.69, 9.17) is 9.84 Å². The molecule has 106 valence electrons. The van der Waals surface area contributed by atoms with Gasteiger partial charge in [-0.05, 0) is 30.5 Å². The molecule has 0 unspecified atom stereocenters. The number of ether oxygens (including phenoxy) is 1. The summed E-state index contributed by atoms with van der Waals surface area (Å²) in [5, 5.41) is 11.7. The number of rotatable bonds is 9. The van der Waals surface area contributed by atoms with Gasteiger partial charge in [0, 0.05) is 25.2 Å². The highest BCUT2D eigenvalue weighted by atomic mass is 32.2. The molecule has 5 heteroatoms. The molecule has 0 aliphatic heterocycles. The molecule has 0 heterocycles. The molecule has 0 spiro atoms. The minimum Gasteiger partial charge on any atom is -0.396 e.